The second kappa shape index (κ2) is 7.20. The summed E-state index contributed by atoms with van der Waals surface area (Å²) in [6.07, 6.45) is 3.64. The van der Waals surface area contributed by atoms with Crippen molar-refractivity contribution in [2.45, 2.75) is 32.2 Å². The third-order valence-corrected chi connectivity index (χ3v) is 3.64. The normalized spacial score (nSPS) is 18.5. The molecule has 0 aromatic carbocycles. The van der Waals surface area contributed by atoms with Gasteiger partial charge in [0.1, 0.15) is 12.4 Å². The highest BCUT2D eigenvalue weighted by atomic mass is 16.5. The second-order valence-electron chi connectivity index (χ2n) is 6.64. The standard InChI is InChI=1S/C16H27N3O2/c1-16(2,3)13-8-15(10-18-9-13)21-12-14(17)11-19-4-6-20-7-5-19/h8-10,14H,4-7,11-12,17H2,1-3H3/t14-/m0/s1. The summed E-state index contributed by atoms with van der Waals surface area (Å²) < 4.78 is 11.1. The summed E-state index contributed by atoms with van der Waals surface area (Å²) in [5.74, 6) is 0.792. The van der Waals surface area contributed by atoms with E-state index in [1.54, 1.807) is 6.20 Å². The van der Waals surface area contributed by atoms with Crippen molar-refractivity contribution in [2.24, 2.45) is 5.73 Å². The lowest BCUT2D eigenvalue weighted by atomic mass is 9.88. The van der Waals surface area contributed by atoms with E-state index in [9.17, 15) is 0 Å². The van der Waals surface area contributed by atoms with Crippen molar-refractivity contribution in [3.8, 4) is 5.75 Å². The Bertz CT molecular complexity index is 439. The minimum absolute atomic E-state index is 0.00129. The SMILES string of the molecule is CC(C)(C)c1cncc(OC[C@@H](N)CN2CCOCC2)c1. The number of hydrogen-bond donors (Lipinski definition) is 1. The summed E-state index contributed by atoms with van der Waals surface area (Å²) in [4.78, 5) is 6.57. The summed E-state index contributed by atoms with van der Waals surface area (Å²) in [6.45, 7) is 11.3. The average molecular weight is 293 g/mol. The number of hydrogen-bond acceptors (Lipinski definition) is 5. The molecule has 0 spiro atoms. The number of rotatable bonds is 5. The summed E-state index contributed by atoms with van der Waals surface area (Å²) in [5, 5.41) is 0. The van der Waals surface area contributed by atoms with Crippen LogP contribution in [0.4, 0.5) is 0 Å². The van der Waals surface area contributed by atoms with E-state index in [4.69, 9.17) is 15.2 Å². The zero-order valence-corrected chi connectivity index (χ0v) is 13.3. The van der Waals surface area contributed by atoms with Crippen molar-refractivity contribution in [3.05, 3.63) is 24.0 Å². The lowest BCUT2D eigenvalue weighted by molar-refractivity contribution is 0.0330. The highest BCUT2D eigenvalue weighted by Gasteiger charge is 2.16. The Hall–Kier alpha value is -1.17. The van der Waals surface area contributed by atoms with Crippen LogP contribution in [-0.2, 0) is 10.2 Å². The van der Waals surface area contributed by atoms with Crippen LogP contribution in [0.2, 0.25) is 0 Å². The lowest BCUT2D eigenvalue weighted by Crippen LogP contribution is -2.45. The molecule has 2 rings (SSSR count). The zero-order valence-electron chi connectivity index (χ0n) is 13.3. The van der Waals surface area contributed by atoms with Crippen molar-refractivity contribution >= 4 is 0 Å². The molecule has 2 heterocycles. The second-order valence-corrected chi connectivity index (χ2v) is 6.64. The van der Waals surface area contributed by atoms with Gasteiger partial charge in [0.05, 0.1) is 25.5 Å². The molecule has 0 unspecified atom stereocenters. The highest BCUT2D eigenvalue weighted by Crippen LogP contribution is 2.24. The van der Waals surface area contributed by atoms with Crippen molar-refractivity contribution in [2.75, 3.05) is 39.5 Å². The molecule has 0 aliphatic carbocycles. The van der Waals surface area contributed by atoms with Crippen LogP contribution in [-0.4, -0.2) is 55.4 Å². The molecule has 1 aromatic heterocycles. The molecule has 118 valence electrons. The van der Waals surface area contributed by atoms with Crippen LogP contribution in [0.5, 0.6) is 5.75 Å². The Morgan fingerprint density at radius 3 is 2.71 bits per heavy atom. The molecule has 1 atom stereocenters. The van der Waals surface area contributed by atoms with Crippen LogP contribution >= 0.6 is 0 Å². The van der Waals surface area contributed by atoms with Crippen LogP contribution in [0.3, 0.4) is 0 Å². The molecule has 1 aliphatic heterocycles. The Morgan fingerprint density at radius 2 is 2.05 bits per heavy atom. The smallest absolute Gasteiger partial charge is 0.137 e. The summed E-state index contributed by atoms with van der Waals surface area (Å²) in [7, 11) is 0. The maximum atomic E-state index is 6.15. The van der Waals surface area contributed by atoms with Gasteiger partial charge in [0, 0.05) is 25.8 Å². The number of aromatic nitrogens is 1. The summed E-state index contributed by atoms with van der Waals surface area (Å²) >= 11 is 0. The first-order valence-electron chi connectivity index (χ1n) is 7.59. The molecule has 0 amide bonds. The van der Waals surface area contributed by atoms with Gasteiger partial charge in [-0.1, -0.05) is 20.8 Å². The topological polar surface area (TPSA) is 60.6 Å². The number of morpholine rings is 1. The van der Waals surface area contributed by atoms with Gasteiger partial charge in [-0.05, 0) is 17.0 Å². The molecule has 1 saturated heterocycles. The van der Waals surface area contributed by atoms with Crippen molar-refractivity contribution in [1.29, 1.82) is 0 Å². The molecule has 1 fully saturated rings. The van der Waals surface area contributed by atoms with E-state index in [0.717, 1.165) is 38.6 Å². The van der Waals surface area contributed by atoms with Crippen molar-refractivity contribution in [1.82, 2.24) is 9.88 Å². The third-order valence-electron chi connectivity index (χ3n) is 3.64. The fraction of sp³-hybridized carbons (Fsp3) is 0.688. The molecule has 2 N–H and O–H groups in total. The highest BCUT2D eigenvalue weighted by molar-refractivity contribution is 5.28. The zero-order chi connectivity index (χ0) is 15.3. The number of pyridine rings is 1. The van der Waals surface area contributed by atoms with Gasteiger partial charge in [0.25, 0.3) is 0 Å². The first-order chi connectivity index (χ1) is 9.95. The average Bonchev–Trinajstić information content (AvgIpc) is 2.46. The van der Waals surface area contributed by atoms with E-state index >= 15 is 0 Å². The van der Waals surface area contributed by atoms with Gasteiger partial charge in [-0.2, -0.15) is 0 Å². The quantitative estimate of drug-likeness (QED) is 0.889. The molecule has 0 bridgehead atoms. The number of nitrogens with two attached hydrogens (primary N) is 1. The molecule has 5 heteroatoms. The van der Waals surface area contributed by atoms with Crippen LogP contribution < -0.4 is 10.5 Å². The molecule has 0 saturated carbocycles. The van der Waals surface area contributed by atoms with E-state index in [0.29, 0.717) is 6.61 Å². The van der Waals surface area contributed by atoms with Crippen LogP contribution in [0.1, 0.15) is 26.3 Å². The van der Waals surface area contributed by atoms with Gasteiger partial charge >= 0.3 is 0 Å². The van der Waals surface area contributed by atoms with E-state index in [2.05, 4.69) is 36.7 Å². The molecular weight excluding hydrogens is 266 g/mol. The van der Waals surface area contributed by atoms with Crippen LogP contribution in [0.25, 0.3) is 0 Å². The Balaban J connectivity index is 1.82. The minimum atomic E-state index is 0.00129. The molecule has 1 aliphatic rings. The van der Waals surface area contributed by atoms with Gasteiger partial charge in [0.2, 0.25) is 0 Å². The third kappa shape index (κ3) is 5.26. The van der Waals surface area contributed by atoms with Crippen molar-refractivity contribution in [3.63, 3.8) is 0 Å². The summed E-state index contributed by atoms with van der Waals surface area (Å²) in [5.41, 5.74) is 7.39. The Labute approximate surface area is 127 Å². The lowest BCUT2D eigenvalue weighted by Gasteiger charge is -2.29. The Kier molecular flexibility index (Phi) is 5.56. The molecular formula is C16H27N3O2. The molecule has 0 radical (unpaired) electrons. The predicted octanol–water partition coefficient (Wildman–Crippen LogP) is 1.42. The maximum Gasteiger partial charge on any atom is 0.137 e. The van der Waals surface area contributed by atoms with Gasteiger partial charge in [0.15, 0.2) is 0 Å². The van der Waals surface area contributed by atoms with Crippen LogP contribution in [0.15, 0.2) is 18.5 Å². The van der Waals surface area contributed by atoms with E-state index in [-0.39, 0.29) is 11.5 Å². The molecule has 1 aromatic rings. The molecule has 21 heavy (non-hydrogen) atoms. The monoisotopic (exact) mass is 293 g/mol. The Morgan fingerprint density at radius 1 is 1.33 bits per heavy atom. The van der Waals surface area contributed by atoms with Gasteiger partial charge < -0.3 is 15.2 Å². The fourth-order valence-corrected chi connectivity index (χ4v) is 2.28. The largest absolute Gasteiger partial charge is 0.490 e. The molecule has 5 nitrogen and oxygen atoms in total. The maximum absolute atomic E-state index is 6.15. The van der Waals surface area contributed by atoms with Gasteiger partial charge in [-0.15, -0.1) is 0 Å². The van der Waals surface area contributed by atoms with E-state index in [1.165, 1.54) is 5.56 Å². The van der Waals surface area contributed by atoms with Gasteiger partial charge in [-0.25, -0.2) is 0 Å². The number of ether oxygens (including phenoxy) is 2. The first-order valence-corrected chi connectivity index (χ1v) is 7.59. The number of nitrogens with zero attached hydrogens (tertiary/aromatic N) is 2. The van der Waals surface area contributed by atoms with Crippen LogP contribution in [0, 0.1) is 0 Å². The van der Waals surface area contributed by atoms with E-state index in [1.807, 2.05) is 6.20 Å². The minimum Gasteiger partial charge on any atom is -0.490 e. The summed E-state index contributed by atoms with van der Waals surface area (Å²) in [6, 6.07) is 2.05. The van der Waals surface area contributed by atoms with Gasteiger partial charge in [-0.3, -0.25) is 9.88 Å². The fourth-order valence-electron chi connectivity index (χ4n) is 2.28. The van der Waals surface area contributed by atoms with E-state index < -0.39 is 0 Å². The van der Waals surface area contributed by atoms with Crippen molar-refractivity contribution < 1.29 is 9.47 Å². The first kappa shape index (κ1) is 16.2. The predicted molar refractivity (Wildman–Crippen MR) is 83.7 cm³/mol.